The number of likely N-dealkylation sites (tertiary alicyclic amines) is 1. The molecule has 1 aliphatic rings. The van der Waals surface area contributed by atoms with Crippen molar-refractivity contribution in [1.82, 2.24) is 20.1 Å². The van der Waals surface area contributed by atoms with Crippen LogP contribution in [-0.4, -0.2) is 50.0 Å². The Balaban J connectivity index is 1.57. The number of carbonyl (C=O) groups excluding carboxylic acids is 1. The number of ketones is 1. The summed E-state index contributed by atoms with van der Waals surface area (Å²) in [5.41, 5.74) is 0.183. The van der Waals surface area contributed by atoms with Crippen LogP contribution in [0, 0.1) is 24.0 Å². The molecule has 11 heteroatoms. The van der Waals surface area contributed by atoms with Crippen LogP contribution in [0.2, 0.25) is 5.02 Å². The first-order chi connectivity index (χ1) is 17.6. The normalized spacial score (nSPS) is 15.5. The number of pyridine rings is 1. The molecule has 37 heavy (non-hydrogen) atoms. The van der Waals surface area contributed by atoms with Gasteiger partial charge >= 0.3 is 5.97 Å². The molecule has 0 atom stereocenters. The summed E-state index contributed by atoms with van der Waals surface area (Å²) in [7, 11) is 0. The Labute approximate surface area is 218 Å². The first-order valence-corrected chi connectivity index (χ1v) is 12.4. The van der Waals surface area contributed by atoms with Crippen molar-refractivity contribution < 1.29 is 23.5 Å². The molecule has 1 aromatic carbocycles. The van der Waals surface area contributed by atoms with Gasteiger partial charge in [-0.15, -0.1) is 0 Å². The van der Waals surface area contributed by atoms with E-state index in [0.717, 1.165) is 5.69 Å². The van der Waals surface area contributed by atoms with E-state index in [-0.39, 0.29) is 42.1 Å². The highest BCUT2D eigenvalue weighted by Crippen LogP contribution is 2.37. The van der Waals surface area contributed by atoms with Crippen molar-refractivity contribution in [2.45, 2.75) is 46.1 Å². The Morgan fingerprint density at radius 2 is 1.95 bits per heavy atom. The van der Waals surface area contributed by atoms with Crippen LogP contribution >= 0.6 is 11.6 Å². The number of aryl methyl sites for hydroxylation is 1. The number of benzene rings is 1. The Bertz CT molecular complexity index is 1320. The van der Waals surface area contributed by atoms with Gasteiger partial charge in [-0.3, -0.25) is 19.6 Å². The van der Waals surface area contributed by atoms with Crippen LogP contribution in [0.3, 0.4) is 0 Å². The number of piperidine rings is 1. The lowest BCUT2D eigenvalue weighted by molar-refractivity contribution is -0.152. The van der Waals surface area contributed by atoms with Crippen LogP contribution in [0.5, 0.6) is 0 Å². The second kappa shape index (κ2) is 10.9. The molecule has 0 radical (unpaired) electrons. The van der Waals surface area contributed by atoms with E-state index in [1.165, 1.54) is 12.1 Å². The molecule has 0 spiro atoms. The van der Waals surface area contributed by atoms with Crippen LogP contribution < -0.4 is 5.32 Å². The predicted octanol–water partition coefficient (Wildman–Crippen LogP) is 5.29. The van der Waals surface area contributed by atoms with Crippen molar-refractivity contribution >= 4 is 35.0 Å². The van der Waals surface area contributed by atoms with E-state index in [2.05, 4.69) is 20.5 Å². The molecule has 3 aromatic rings. The molecular formula is C26H28ClF2N5O3. The summed E-state index contributed by atoms with van der Waals surface area (Å²) < 4.78 is 29.5. The maximum Gasteiger partial charge on any atom is 0.310 e. The smallest absolute Gasteiger partial charge is 0.310 e. The van der Waals surface area contributed by atoms with Crippen molar-refractivity contribution in [3.05, 3.63) is 69.5 Å². The summed E-state index contributed by atoms with van der Waals surface area (Å²) in [6.45, 7) is 4.55. The second-order valence-electron chi connectivity index (χ2n) is 9.41. The number of hydrogen-bond donors (Lipinski definition) is 3. The number of aromatic amines is 1. The number of nitrogens with one attached hydrogen (secondary N) is 2. The number of carboxylic acids is 1. The van der Waals surface area contributed by atoms with Gasteiger partial charge in [0.15, 0.2) is 23.2 Å². The molecule has 4 rings (SSSR count). The minimum atomic E-state index is -1.17. The number of H-pyrrole nitrogens is 1. The van der Waals surface area contributed by atoms with Gasteiger partial charge in [0.05, 0.1) is 16.0 Å². The van der Waals surface area contributed by atoms with E-state index in [1.807, 2.05) is 4.90 Å². The molecular weight excluding hydrogens is 504 g/mol. The fourth-order valence-corrected chi connectivity index (χ4v) is 4.81. The van der Waals surface area contributed by atoms with E-state index < -0.39 is 28.8 Å². The van der Waals surface area contributed by atoms with Crippen LogP contribution in [-0.2, 0) is 17.8 Å². The first-order valence-electron chi connectivity index (χ1n) is 12.0. The van der Waals surface area contributed by atoms with Crippen molar-refractivity contribution in [3.8, 4) is 0 Å². The molecule has 196 valence electrons. The number of carbonyl (C=O) groups is 2. The molecule has 0 saturated carbocycles. The summed E-state index contributed by atoms with van der Waals surface area (Å²) in [5, 5.41) is 19.8. The molecule has 0 unspecified atom stereocenters. The summed E-state index contributed by atoms with van der Waals surface area (Å²) in [6, 6.07) is 7.82. The zero-order valence-electron chi connectivity index (χ0n) is 20.6. The van der Waals surface area contributed by atoms with Crippen LogP contribution in [0.15, 0.2) is 30.3 Å². The van der Waals surface area contributed by atoms with Crippen molar-refractivity contribution in [2.24, 2.45) is 5.41 Å². The number of nitrogens with zero attached hydrogens (tertiary/aromatic N) is 3. The maximum absolute atomic E-state index is 15.2. The summed E-state index contributed by atoms with van der Waals surface area (Å²) in [4.78, 5) is 31.3. The number of rotatable bonds is 9. The largest absolute Gasteiger partial charge is 0.481 e. The van der Waals surface area contributed by atoms with E-state index in [0.29, 0.717) is 36.7 Å². The highest BCUT2D eigenvalue weighted by atomic mass is 35.5. The Morgan fingerprint density at radius 1 is 1.22 bits per heavy atom. The lowest BCUT2D eigenvalue weighted by atomic mass is 9.74. The molecule has 3 N–H and O–H groups in total. The third-order valence-electron chi connectivity index (χ3n) is 6.80. The molecule has 0 amide bonds. The number of anilines is 2. The molecule has 0 bridgehead atoms. The third-order valence-corrected chi connectivity index (χ3v) is 7.09. The monoisotopic (exact) mass is 531 g/mol. The highest BCUT2D eigenvalue weighted by Gasteiger charge is 2.42. The van der Waals surface area contributed by atoms with E-state index >= 15 is 4.39 Å². The fraction of sp³-hybridized carbons (Fsp3) is 0.385. The zero-order valence-corrected chi connectivity index (χ0v) is 21.3. The number of aromatic nitrogens is 3. The molecule has 0 aliphatic carbocycles. The summed E-state index contributed by atoms with van der Waals surface area (Å²) in [5.74, 6) is -2.55. The minimum absolute atomic E-state index is 0.0141. The molecule has 8 nitrogen and oxygen atoms in total. The number of carboxylic acid groups (broad SMARTS) is 1. The number of Topliss-reactive ketones (excluding diaryl/α,β-unsaturated/α-hetero) is 1. The van der Waals surface area contributed by atoms with Gasteiger partial charge in [0.2, 0.25) is 0 Å². The van der Waals surface area contributed by atoms with Gasteiger partial charge in [0, 0.05) is 42.4 Å². The summed E-state index contributed by atoms with van der Waals surface area (Å²) >= 11 is 5.89. The maximum atomic E-state index is 15.2. The van der Waals surface area contributed by atoms with E-state index in [9.17, 15) is 19.1 Å². The summed E-state index contributed by atoms with van der Waals surface area (Å²) in [6.07, 6.45) is 0.657. The lowest BCUT2D eigenvalue weighted by Crippen LogP contribution is -2.45. The number of aliphatic carboxylic acids is 1. The van der Waals surface area contributed by atoms with Gasteiger partial charge in [-0.05, 0) is 45.0 Å². The van der Waals surface area contributed by atoms with Crippen LogP contribution in [0.1, 0.15) is 53.5 Å². The zero-order chi connectivity index (χ0) is 26.7. The molecule has 3 heterocycles. The molecule has 1 aliphatic heterocycles. The van der Waals surface area contributed by atoms with Crippen molar-refractivity contribution in [3.63, 3.8) is 0 Å². The van der Waals surface area contributed by atoms with E-state index in [1.54, 1.807) is 32.0 Å². The number of hydrogen-bond acceptors (Lipinski definition) is 6. The van der Waals surface area contributed by atoms with Crippen molar-refractivity contribution in [2.75, 3.05) is 18.4 Å². The van der Waals surface area contributed by atoms with Gasteiger partial charge in [-0.25, -0.2) is 13.8 Å². The topological polar surface area (TPSA) is 111 Å². The molecule has 1 saturated heterocycles. The number of halogens is 3. The van der Waals surface area contributed by atoms with Crippen molar-refractivity contribution in [1.29, 1.82) is 0 Å². The average molecular weight is 532 g/mol. The Kier molecular flexibility index (Phi) is 7.89. The van der Waals surface area contributed by atoms with Gasteiger partial charge < -0.3 is 10.4 Å². The first kappa shape index (κ1) is 26.7. The minimum Gasteiger partial charge on any atom is -0.481 e. The van der Waals surface area contributed by atoms with Crippen LogP contribution in [0.4, 0.5) is 20.4 Å². The van der Waals surface area contributed by atoms with Gasteiger partial charge in [-0.2, -0.15) is 5.10 Å². The molecule has 2 aromatic heterocycles. The van der Waals surface area contributed by atoms with E-state index in [4.69, 9.17) is 11.6 Å². The highest BCUT2D eigenvalue weighted by molar-refractivity contribution is 6.30. The standard InChI is InChI=1S/C26H28ClF2N5O3/c1-3-20(35)18-12-17(30-24(23(18)29)31-21-11-15(2)32-33-21)13-26(25(36)37)7-9-34(10-8-26)14-16-5-4-6-19(27)22(16)28/h4-6,11-12H,3,7-10,13-14H2,1-2H3,(H,36,37)(H2,30,31,32,33). The Morgan fingerprint density at radius 3 is 2.57 bits per heavy atom. The fourth-order valence-electron chi connectivity index (χ4n) is 4.62. The average Bonchev–Trinajstić information content (AvgIpc) is 3.28. The SMILES string of the molecule is CCC(=O)c1cc(CC2(C(=O)O)CCN(Cc3cccc(Cl)c3F)CC2)nc(Nc2cc(C)[nH]n2)c1F. The quantitative estimate of drug-likeness (QED) is 0.322. The molecule has 1 fully saturated rings. The predicted molar refractivity (Wildman–Crippen MR) is 135 cm³/mol. The lowest BCUT2D eigenvalue weighted by Gasteiger charge is -2.39. The van der Waals surface area contributed by atoms with Gasteiger partial charge in [0.1, 0.15) is 5.82 Å². The van der Waals surface area contributed by atoms with Gasteiger partial charge in [-0.1, -0.05) is 30.7 Å². The second-order valence-corrected chi connectivity index (χ2v) is 9.82. The Hall–Kier alpha value is -3.37. The van der Waals surface area contributed by atoms with Gasteiger partial charge in [0.25, 0.3) is 0 Å². The van der Waals surface area contributed by atoms with Crippen LogP contribution in [0.25, 0.3) is 0 Å². The third kappa shape index (κ3) is 5.80.